The minimum Gasteiger partial charge on any atom is -0.330 e. The second kappa shape index (κ2) is 7.94. The van der Waals surface area contributed by atoms with Gasteiger partial charge in [0.1, 0.15) is 0 Å². The lowest BCUT2D eigenvalue weighted by Crippen LogP contribution is -2.10. The van der Waals surface area contributed by atoms with E-state index < -0.39 is 0 Å². The van der Waals surface area contributed by atoms with Crippen LogP contribution in [-0.2, 0) is 0 Å². The first kappa shape index (κ1) is 14.7. The average Bonchev–Trinajstić information content (AvgIpc) is 2.19. The molecule has 0 saturated heterocycles. The van der Waals surface area contributed by atoms with Crippen LogP contribution in [0.1, 0.15) is 30.9 Å². The van der Waals surface area contributed by atoms with E-state index in [1.54, 1.807) is 0 Å². The summed E-state index contributed by atoms with van der Waals surface area (Å²) in [6.07, 6.45) is 3.11. The summed E-state index contributed by atoms with van der Waals surface area (Å²) in [5.41, 5.74) is 12.6. The zero-order valence-electron chi connectivity index (χ0n) is 8.66. The number of hydrogen-bond donors (Lipinski definition) is 2. The molecular weight excluding hydrogens is 231 g/mol. The maximum atomic E-state index is 6.00. The summed E-state index contributed by atoms with van der Waals surface area (Å²) in [6, 6.07) is 7.82. The first-order valence-electron chi connectivity index (χ1n) is 4.95. The Kier molecular flexibility index (Phi) is 7.79. The van der Waals surface area contributed by atoms with E-state index in [1.165, 1.54) is 0 Å². The highest BCUT2D eigenvalue weighted by molar-refractivity contribution is 6.30. The van der Waals surface area contributed by atoms with Gasteiger partial charge in [-0.25, -0.2) is 0 Å². The topological polar surface area (TPSA) is 52.0 Å². The molecule has 1 atom stereocenters. The molecule has 0 amide bonds. The summed E-state index contributed by atoms with van der Waals surface area (Å²) in [6.45, 7) is 0.743. The van der Waals surface area contributed by atoms with Gasteiger partial charge >= 0.3 is 0 Å². The summed E-state index contributed by atoms with van der Waals surface area (Å²) < 4.78 is 0. The quantitative estimate of drug-likeness (QED) is 0.788. The highest BCUT2D eigenvalue weighted by atomic mass is 35.5. The Morgan fingerprint density at radius 2 is 1.73 bits per heavy atom. The van der Waals surface area contributed by atoms with Crippen molar-refractivity contribution in [1.82, 2.24) is 0 Å². The molecule has 0 radical (unpaired) electrons. The molecule has 0 bridgehead atoms. The van der Waals surface area contributed by atoms with Crippen molar-refractivity contribution in [3.63, 3.8) is 0 Å². The first-order valence-corrected chi connectivity index (χ1v) is 5.33. The molecule has 4 N–H and O–H groups in total. The number of rotatable bonds is 5. The monoisotopic (exact) mass is 248 g/mol. The van der Waals surface area contributed by atoms with Crippen molar-refractivity contribution < 1.29 is 0 Å². The minimum atomic E-state index is 0. The van der Waals surface area contributed by atoms with Crippen LogP contribution < -0.4 is 11.5 Å². The lowest BCUT2D eigenvalue weighted by atomic mass is 10.0. The Balaban J connectivity index is 0.00000196. The molecule has 0 heterocycles. The third-order valence-electron chi connectivity index (χ3n) is 2.27. The molecule has 1 rings (SSSR count). The Morgan fingerprint density at radius 3 is 2.27 bits per heavy atom. The molecule has 0 unspecified atom stereocenters. The highest BCUT2D eigenvalue weighted by Crippen LogP contribution is 2.18. The van der Waals surface area contributed by atoms with Crippen molar-refractivity contribution in [2.75, 3.05) is 6.54 Å². The molecule has 0 aromatic heterocycles. The van der Waals surface area contributed by atoms with Crippen LogP contribution >= 0.6 is 24.0 Å². The fourth-order valence-corrected chi connectivity index (χ4v) is 1.51. The normalized spacial score (nSPS) is 11.9. The lowest BCUT2D eigenvalue weighted by molar-refractivity contribution is 0.591. The number of unbranched alkanes of at least 4 members (excludes halogenated alkanes) is 1. The van der Waals surface area contributed by atoms with Gasteiger partial charge in [0.25, 0.3) is 0 Å². The van der Waals surface area contributed by atoms with Crippen LogP contribution in [0.15, 0.2) is 24.3 Å². The highest BCUT2D eigenvalue weighted by Gasteiger charge is 2.04. The third kappa shape index (κ3) is 5.38. The largest absolute Gasteiger partial charge is 0.330 e. The molecule has 1 aromatic carbocycles. The van der Waals surface area contributed by atoms with Crippen LogP contribution in [-0.4, -0.2) is 6.54 Å². The van der Waals surface area contributed by atoms with Gasteiger partial charge in [0.2, 0.25) is 0 Å². The summed E-state index contributed by atoms with van der Waals surface area (Å²) in [4.78, 5) is 0. The Morgan fingerprint density at radius 1 is 1.13 bits per heavy atom. The average molecular weight is 249 g/mol. The molecule has 2 nitrogen and oxygen atoms in total. The molecule has 0 fully saturated rings. The number of halogens is 2. The maximum Gasteiger partial charge on any atom is 0.0406 e. The van der Waals surface area contributed by atoms with Gasteiger partial charge in [0.15, 0.2) is 0 Å². The molecule has 0 spiro atoms. The zero-order chi connectivity index (χ0) is 10.4. The van der Waals surface area contributed by atoms with E-state index >= 15 is 0 Å². The fraction of sp³-hybridized carbons (Fsp3) is 0.455. The van der Waals surface area contributed by atoms with Gasteiger partial charge in [0.05, 0.1) is 0 Å². The predicted molar refractivity (Wildman–Crippen MR) is 68.5 cm³/mol. The predicted octanol–water partition coefficient (Wildman–Crippen LogP) is 2.89. The summed E-state index contributed by atoms with van der Waals surface area (Å²) in [5, 5.41) is 0.753. The summed E-state index contributed by atoms with van der Waals surface area (Å²) in [7, 11) is 0. The van der Waals surface area contributed by atoms with Gasteiger partial charge in [-0.3, -0.25) is 0 Å². The van der Waals surface area contributed by atoms with E-state index in [0.717, 1.165) is 36.4 Å². The van der Waals surface area contributed by atoms with Crippen molar-refractivity contribution in [3.05, 3.63) is 34.9 Å². The number of hydrogen-bond acceptors (Lipinski definition) is 2. The number of benzene rings is 1. The van der Waals surface area contributed by atoms with Crippen LogP contribution in [0.4, 0.5) is 0 Å². The van der Waals surface area contributed by atoms with Gasteiger partial charge in [-0.15, -0.1) is 12.4 Å². The maximum absolute atomic E-state index is 6.00. The standard InChI is InChI=1S/C11H17ClN2.ClH/c12-10-6-4-9(5-7-10)11(14)3-1-2-8-13;/h4-7,11H,1-3,8,13-14H2;1H/t11-;/m0./s1. The Labute approximate surface area is 102 Å². The smallest absolute Gasteiger partial charge is 0.0406 e. The van der Waals surface area contributed by atoms with Gasteiger partial charge in [-0.2, -0.15) is 0 Å². The van der Waals surface area contributed by atoms with Crippen LogP contribution in [0.2, 0.25) is 5.02 Å². The molecule has 0 aliphatic carbocycles. The third-order valence-corrected chi connectivity index (χ3v) is 2.52. The molecule has 1 aromatic rings. The minimum absolute atomic E-state index is 0. The van der Waals surface area contributed by atoms with Crippen molar-refractivity contribution in [2.24, 2.45) is 11.5 Å². The van der Waals surface area contributed by atoms with E-state index in [-0.39, 0.29) is 18.4 Å². The summed E-state index contributed by atoms with van der Waals surface area (Å²) in [5.74, 6) is 0. The van der Waals surface area contributed by atoms with Crippen molar-refractivity contribution in [2.45, 2.75) is 25.3 Å². The van der Waals surface area contributed by atoms with E-state index in [9.17, 15) is 0 Å². The molecule has 15 heavy (non-hydrogen) atoms. The van der Waals surface area contributed by atoms with Crippen molar-refractivity contribution in [1.29, 1.82) is 0 Å². The number of nitrogens with two attached hydrogens (primary N) is 2. The second-order valence-corrected chi connectivity index (χ2v) is 3.88. The van der Waals surface area contributed by atoms with Crippen LogP contribution in [0, 0.1) is 0 Å². The van der Waals surface area contributed by atoms with Gasteiger partial charge < -0.3 is 11.5 Å². The van der Waals surface area contributed by atoms with Crippen LogP contribution in [0.3, 0.4) is 0 Å². The van der Waals surface area contributed by atoms with E-state index in [1.807, 2.05) is 24.3 Å². The molecule has 86 valence electrons. The van der Waals surface area contributed by atoms with Gasteiger partial charge in [-0.1, -0.05) is 30.2 Å². The molecule has 0 aliphatic heterocycles. The van der Waals surface area contributed by atoms with Gasteiger partial charge in [0, 0.05) is 11.1 Å². The fourth-order valence-electron chi connectivity index (χ4n) is 1.39. The Hall–Kier alpha value is -0.280. The van der Waals surface area contributed by atoms with E-state index in [4.69, 9.17) is 23.1 Å². The SMILES string of the molecule is Cl.NCCCC[C@H](N)c1ccc(Cl)cc1. The lowest BCUT2D eigenvalue weighted by Gasteiger charge is -2.11. The summed E-state index contributed by atoms with van der Waals surface area (Å²) >= 11 is 5.79. The molecular formula is C11H18Cl2N2. The zero-order valence-corrected chi connectivity index (χ0v) is 10.2. The van der Waals surface area contributed by atoms with Crippen LogP contribution in [0.5, 0.6) is 0 Å². The molecule has 0 aliphatic rings. The van der Waals surface area contributed by atoms with Crippen LogP contribution in [0.25, 0.3) is 0 Å². The van der Waals surface area contributed by atoms with Crippen molar-refractivity contribution >= 4 is 24.0 Å². The van der Waals surface area contributed by atoms with Gasteiger partial charge in [-0.05, 0) is 37.1 Å². The van der Waals surface area contributed by atoms with Crippen molar-refractivity contribution in [3.8, 4) is 0 Å². The second-order valence-electron chi connectivity index (χ2n) is 3.44. The molecule has 4 heteroatoms. The first-order chi connectivity index (χ1) is 6.74. The molecule has 0 saturated carbocycles. The Bertz CT molecular complexity index is 262. The van der Waals surface area contributed by atoms with E-state index in [0.29, 0.717) is 0 Å². The van der Waals surface area contributed by atoms with E-state index in [2.05, 4.69) is 0 Å².